The van der Waals surface area contributed by atoms with Gasteiger partial charge in [-0.05, 0) is 6.42 Å². The number of ether oxygens (including phenoxy) is 2. The quantitative estimate of drug-likeness (QED) is 0.333. The van der Waals surface area contributed by atoms with Crippen molar-refractivity contribution in [2.75, 3.05) is 0 Å². The van der Waals surface area contributed by atoms with Gasteiger partial charge in [0.05, 0.1) is 0 Å². The summed E-state index contributed by atoms with van der Waals surface area (Å²) in [6, 6.07) is 0. The van der Waals surface area contributed by atoms with Crippen LogP contribution in [0.25, 0.3) is 0 Å². The number of hydrogen-bond donors (Lipinski definition) is 4. The van der Waals surface area contributed by atoms with Crippen LogP contribution >= 0.6 is 0 Å². The van der Waals surface area contributed by atoms with Crippen LogP contribution in [-0.4, -0.2) is 44.3 Å². The van der Waals surface area contributed by atoms with Crippen molar-refractivity contribution in [2.45, 2.75) is 45.1 Å². The zero-order chi connectivity index (χ0) is 13.7. The number of hydrogen-bond acceptors (Lipinski definition) is 8. The van der Waals surface area contributed by atoms with E-state index in [2.05, 4.69) is 9.47 Å². The molecule has 0 fully saturated rings. The van der Waals surface area contributed by atoms with E-state index in [0.717, 1.165) is 13.8 Å². The van der Waals surface area contributed by atoms with Crippen molar-refractivity contribution in [3.05, 3.63) is 0 Å². The molecule has 0 aromatic rings. The smallest absolute Gasteiger partial charge is 0.321 e. The Hall–Kier alpha value is -1.22. The van der Waals surface area contributed by atoms with Crippen LogP contribution in [-0.2, 0) is 19.1 Å². The zero-order valence-electron chi connectivity index (χ0n) is 9.54. The Morgan fingerprint density at radius 1 is 0.882 bits per heavy atom. The molecule has 0 saturated heterocycles. The molecular weight excluding hydrogens is 236 g/mol. The maximum Gasteiger partial charge on any atom is 0.321 e. The number of aliphatic hydroxyl groups is 4. The molecule has 0 rings (SSSR count). The van der Waals surface area contributed by atoms with Crippen LogP contribution in [0.5, 0.6) is 0 Å². The highest BCUT2D eigenvalue weighted by molar-refractivity contribution is 5.72. The Balaban J connectivity index is 3.78. The molecular formula is C9H16O8. The largest absolute Gasteiger partial charge is 0.408 e. The molecule has 17 heavy (non-hydrogen) atoms. The van der Waals surface area contributed by atoms with Gasteiger partial charge in [-0.15, -0.1) is 0 Å². The fourth-order valence-electron chi connectivity index (χ4n) is 0.910. The molecule has 0 aliphatic carbocycles. The van der Waals surface area contributed by atoms with E-state index >= 15 is 0 Å². The van der Waals surface area contributed by atoms with E-state index in [1.165, 1.54) is 0 Å². The first-order valence-corrected chi connectivity index (χ1v) is 4.83. The minimum absolute atomic E-state index is 0.0177. The first kappa shape index (κ1) is 15.8. The van der Waals surface area contributed by atoms with Crippen LogP contribution in [0.1, 0.15) is 33.1 Å². The van der Waals surface area contributed by atoms with Gasteiger partial charge in [-0.3, -0.25) is 9.59 Å². The Kier molecular flexibility index (Phi) is 5.49. The summed E-state index contributed by atoms with van der Waals surface area (Å²) in [5, 5.41) is 34.8. The van der Waals surface area contributed by atoms with Crippen LogP contribution in [0, 0.1) is 0 Å². The molecule has 8 heteroatoms. The van der Waals surface area contributed by atoms with Crippen LogP contribution in [0.15, 0.2) is 0 Å². The van der Waals surface area contributed by atoms with Gasteiger partial charge < -0.3 is 29.9 Å². The van der Waals surface area contributed by atoms with E-state index in [0.29, 0.717) is 0 Å². The first-order valence-electron chi connectivity index (χ1n) is 4.83. The van der Waals surface area contributed by atoms with Gasteiger partial charge in [0.1, 0.15) is 0 Å². The summed E-state index contributed by atoms with van der Waals surface area (Å²) in [5.74, 6) is -6.90. The van der Waals surface area contributed by atoms with Crippen molar-refractivity contribution in [3.63, 3.8) is 0 Å². The number of carbonyl (C=O) groups excluding carboxylic acids is 2. The number of carbonyl (C=O) groups is 2. The Labute approximate surface area is 97.4 Å². The van der Waals surface area contributed by atoms with Crippen molar-refractivity contribution < 1.29 is 39.5 Å². The van der Waals surface area contributed by atoms with Crippen molar-refractivity contribution in [1.82, 2.24) is 0 Å². The summed E-state index contributed by atoms with van der Waals surface area (Å²) >= 11 is 0. The molecule has 8 nitrogen and oxygen atoms in total. The molecule has 0 amide bonds. The Morgan fingerprint density at radius 2 is 1.18 bits per heavy atom. The van der Waals surface area contributed by atoms with Crippen LogP contribution in [0.2, 0.25) is 0 Å². The van der Waals surface area contributed by atoms with Gasteiger partial charge in [0, 0.05) is 26.7 Å². The maximum absolute atomic E-state index is 10.9. The molecule has 0 atom stereocenters. The summed E-state index contributed by atoms with van der Waals surface area (Å²) in [6.07, 6.45) is -0.456. The summed E-state index contributed by atoms with van der Waals surface area (Å²) in [4.78, 5) is 21.9. The normalized spacial score (nSPS) is 12.1. The standard InChI is InChI=1S/C9H16O8/c1-8(12,13)16-6(10)4-3-5-7(11)17-9(2,14)15/h12-15H,3-5H2,1-2H3. The Morgan fingerprint density at radius 3 is 1.41 bits per heavy atom. The third kappa shape index (κ3) is 11.1. The highest BCUT2D eigenvalue weighted by atomic mass is 16.8. The lowest BCUT2D eigenvalue weighted by molar-refractivity contribution is -0.307. The highest BCUT2D eigenvalue weighted by Gasteiger charge is 2.23. The molecule has 0 bridgehead atoms. The second-order valence-electron chi connectivity index (χ2n) is 3.67. The van der Waals surface area contributed by atoms with E-state index in [-0.39, 0.29) is 19.3 Å². The minimum Gasteiger partial charge on any atom is -0.408 e. The maximum atomic E-state index is 10.9. The van der Waals surface area contributed by atoms with Gasteiger partial charge in [-0.25, -0.2) is 0 Å². The van der Waals surface area contributed by atoms with Crippen LogP contribution in [0.3, 0.4) is 0 Å². The van der Waals surface area contributed by atoms with Gasteiger partial charge in [0.15, 0.2) is 0 Å². The van der Waals surface area contributed by atoms with Gasteiger partial charge >= 0.3 is 23.9 Å². The lowest BCUT2D eigenvalue weighted by Gasteiger charge is -2.17. The van der Waals surface area contributed by atoms with Crippen molar-refractivity contribution in [3.8, 4) is 0 Å². The number of rotatable bonds is 6. The van der Waals surface area contributed by atoms with Crippen molar-refractivity contribution >= 4 is 11.9 Å². The SMILES string of the molecule is CC(O)(O)OC(=O)CCCC(=O)OC(C)(O)O. The van der Waals surface area contributed by atoms with E-state index in [1.807, 2.05) is 0 Å². The van der Waals surface area contributed by atoms with E-state index in [4.69, 9.17) is 20.4 Å². The predicted molar refractivity (Wildman–Crippen MR) is 51.7 cm³/mol. The summed E-state index contributed by atoms with van der Waals surface area (Å²) in [5.41, 5.74) is 0. The van der Waals surface area contributed by atoms with Gasteiger partial charge in [0.2, 0.25) is 0 Å². The Bertz CT molecular complexity index is 244. The lowest BCUT2D eigenvalue weighted by Crippen LogP contribution is -2.31. The second-order valence-corrected chi connectivity index (χ2v) is 3.67. The minimum atomic E-state index is -2.55. The average molecular weight is 252 g/mol. The van der Waals surface area contributed by atoms with Gasteiger partial charge in [-0.2, -0.15) is 0 Å². The molecule has 0 aliphatic rings. The van der Waals surface area contributed by atoms with E-state index < -0.39 is 23.9 Å². The third-order valence-corrected chi connectivity index (χ3v) is 1.38. The predicted octanol–water partition coefficient (Wildman–Crippen LogP) is -1.44. The molecule has 0 aromatic carbocycles. The molecule has 0 aliphatic heterocycles. The van der Waals surface area contributed by atoms with E-state index in [1.54, 1.807) is 0 Å². The molecule has 0 radical (unpaired) electrons. The third-order valence-electron chi connectivity index (χ3n) is 1.38. The molecule has 100 valence electrons. The van der Waals surface area contributed by atoms with Crippen molar-refractivity contribution in [1.29, 1.82) is 0 Å². The molecule has 0 unspecified atom stereocenters. The topological polar surface area (TPSA) is 134 Å². The molecule has 0 saturated carbocycles. The molecule has 0 heterocycles. The fourth-order valence-corrected chi connectivity index (χ4v) is 0.910. The van der Waals surface area contributed by atoms with E-state index in [9.17, 15) is 9.59 Å². The van der Waals surface area contributed by atoms with Gasteiger partial charge in [-0.1, -0.05) is 0 Å². The molecule has 4 N–H and O–H groups in total. The highest BCUT2D eigenvalue weighted by Crippen LogP contribution is 2.08. The number of esters is 2. The summed E-state index contributed by atoms with van der Waals surface area (Å²) in [7, 11) is 0. The fraction of sp³-hybridized carbons (Fsp3) is 0.778. The average Bonchev–Trinajstić information content (AvgIpc) is 1.95. The molecule has 0 spiro atoms. The monoisotopic (exact) mass is 252 g/mol. The summed E-state index contributed by atoms with van der Waals surface area (Å²) in [6.45, 7) is 1.73. The second kappa shape index (κ2) is 5.92. The van der Waals surface area contributed by atoms with Crippen LogP contribution < -0.4 is 0 Å². The lowest BCUT2D eigenvalue weighted by atomic mass is 10.2. The summed E-state index contributed by atoms with van der Waals surface area (Å²) < 4.78 is 8.28. The van der Waals surface area contributed by atoms with Crippen LogP contribution in [0.4, 0.5) is 0 Å². The zero-order valence-corrected chi connectivity index (χ0v) is 9.54. The molecule has 0 aromatic heterocycles. The van der Waals surface area contributed by atoms with Crippen molar-refractivity contribution in [2.24, 2.45) is 0 Å². The first-order chi connectivity index (χ1) is 7.49. The van der Waals surface area contributed by atoms with Gasteiger partial charge in [0.25, 0.3) is 0 Å².